The van der Waals surface area contributed by atoms with Crippen LogP contribution in [0.1, 0.15) is 28.4 Å². The molecule has 3 aromatic carbocycles. The van der Waals surface area contributed by atoms with Crippen LogP contribution in [0.25, 0.3) is 0 Å². The van der Waals surface area contributed by atoms with Gasteiger partial charge in [-0.2, -0.15) is 0 Å². The van der Waals surface area contributed by atoms with Gasteiger partial charge in [-0.1, -0.05) is 30.3 Å². The number of rotatable bonds is 9. The highest BCUT2D eigenvalue weighted by Gasteiger charge is 2.26. The van der Waals surface area contributed by atoms with Crippen molar-refractivity contribution in [2.24, 2.45) is 4.99 Å². The Kier molecular flexibility index (Phi) is 8.43. The Morgan fingerprint density at radius 1 is 1.07 bits per heavy atom. The summed E-state index contributed by atoms with van der Waals surface area (Å²) in [6.45, 7) is 1.79. The number of nitrogen functional groups attached to an aromatic ring is 1. The summed E-state index contributed by atoms with van der Waals surface area (Å²) >= 11 is 0. The van der Waals surface area contributed by atoms with Gasteiger partial charge >= 0.3 is 0 Å². The Balaban J connectivity index is 1.78. The van der Waals surface area contributed by atoms with Gasteiger partial charge < -0.3 is 20.7 Å². The van der Waals surface area contributed by atoms with Crippen LogP contribution in [0.5, 0.6) is 5.75 Å². The van der Waals surface area contributed by atoms with E-state index in [4.69, 9.17) is 20.9 Å². The number of para-hydroxylation sites is 2. The molecular formula is C29H27F2N7O2. The van der Waals surface area contributed by atoms with E-state index in [0.29, 0.717) is 17.1 Å². The average molecular weight is 544 g/mol. The zero-order chi connectivity index (χ0) is 28.8. The summed E-state index contributed by atoms with van der Waals surface area (Å²) in [6, 6.07) is 17.7. The number of nitrogens with zero attached hydrogens (tertiary/aromatic N) is 4. The summed E-state index contributed by atoms with van der Waals surface area (Å²) in [4.78, 5) is 26.5. The van der Waals surface area contributed by atoms with Crippen LogP contribution in [0.15, 0.2) is 78.0 Å². The van der Waals surface area contributed by atoms with Crippen molar-refractivity contribution >= 4 is 40.8 Å². The molecule has 0 saturated heterocycles. The number of aliphatic imine (C=N–C) groups is 1. The van der Waals surface area contributed by atoms with E-state index >= 15 is 0 Å². The van der Waals surface area contributed by atoms with Crippen molar-refractivity contribution in [2.45, 2.75) is 13.0 Å². The van der Waals surface area contributed by atoms with Gasteiger partial charge in [-0.25, -0.2) is 23.7 Å². The van der Waals surface area contributed by atoms with Crippen molar-refractivity contribution in [3.8, 4) is 5.75 Å². The molecule has 0 radical (unpaired) electrons. The number of anilines is 3. The van der Waals surface area contributed by atoms with Gasteiger partial charge in [-0.15, -0.1) is 0 Å². The second-order valence-electron chi connectivity index (χ2n) is 8.73. The van der Waals surface area contributed by atoms with Crippen molar-refractivity contribution in [3.05, 3.63) is 101 Å². The van der Waals surface area contributed by atoms with Crippen molar-refractivity contribution < 1.29 is 18.3 Å². The molecule has 0 saturated carbocycles. The lowest BCUT2D eigenvalue weighted by Crippen LogP contribution is -2.40. The van der Waals surface area contributed by atoms with Gasteiger partial charge in [-0.05, 0) is 31.2 Å². The molecule has 1 heterocycles. The van der Waals surface area contributed by atoms with Gasteiger partial charge in [0.25, 0.3) is 0 Å². The van der Waals surface area contributed by atoms with E-state index in [1.807, 2.05) is 42.3 Å². The predicted molar refractivity (Wildman–Crippen MR) is 152 cm³/mol. The number of amidine groups is 1. The smallest absolute Gasteiger partial charge is 0.152 e. The summed E-state index contributed by atoms with van der Waals surface area (Å²) < 4.78 is 34.7. The van der Waals surface area contributed by atoms with Crippen LogP contribution in [0, 0.1) is 17.0 Å². The number of carbonyl (C=O) groups excluding carboxylic acids is 1. The third kappa shape index (κ3) is 5.78. The number of benzene rings is 3. The minimum Gasteiger partial charge on any atom is -0.497 e. The highest BCUT2D eigenvalue weighted by Crippen LogP contribution is 2.28. The number of carbonyl (C=O) groups is 1. The van der Waals surface area contributed by atoms with E-state index in [2.05, 4.69) is 15.3 Å². The molecule has 0 fully saturated rings. The number of methoxy groups -OCH3 is 1. The number of hydrogen-bond donors (Lipinski definition) is 3. The lowest BCUT2D eigenvalue weighted by molar-refractivity contribution is 0.112. The lowest BCUT2D eigenvalue weighted by atomic mass is 10.0. The van der Waals surface area contributed by atoms with Gasteiger partial charge in [0.05, 0.1) is 35.7 Å². The number of halogens is 2. The summed E-state index contributed by atoms with van der Waals surface area (Å²) in [7, 11) is 3.10. The Hall–Kier alpha value is -5.19. The summed E-state index contributed by atoms with van der Waals surface area (Å²) in [5.74, 6) is -1.63. The predicted octanol–water partition coefficient (Wildman–Crippen LogP) is 5.24. The SMILES string of the molecule is COc1cc(F)c(C(=N)c2c(N)ncnc2NC(C)/C(=N/c2ccccc2C=O)N(C)c2ccccc2)c(F)c1. The Labute approximate surface area is 229 Å². The molecule has 0 aliphatic rings. The van der Waals surface area contributed by atoms with Crippen LogP contribution in [0.4, 0.5) is 31.8 Å². The molecule has 0 amide bonds. The van der Waals surface area contributed by atoms with E-state index in [1.165, 1.54) is 13.4 Å². The largest absolute Gasteiger partial charge is 0.497 e. The molecule has 4 rings (SSSR count). The number of nitrogens with two attached hydrogens (primary N) is 1. The van der Waals surface area contributed by atoms with Crippen molar-refractivity contribution in [1.82, 2.24) is 9.97 Å². The number of nitrogens with one attached hydrogen (secondary N) is 2. The van der Waals surface area contributed by atoms with E-state index in [0.717, 1.165) is 24.1 Å². The summed E-state index contributed by atoms with van der Waals surface area (Å²) in [6.07, 6.45) is 1.90. The molecule has 0 aliphatic heterocycles. The average Bonchev–Trinajstić information content (AvgIpc) is 2.95. The molecule has 40 heavy (non-hydrogen) atoms. The third-order valence-corrected chi connectivity index (χ3v) is 6.15. The van der Waals surface area contributed by atoms with E-state index in [9.17, 15) is 13.6 Å². The molecule has 0 aliphatic carbocycles. The fourth-order valence-electron chi connectivity index (χ4n) is 4.11. The maximum atomic E-state index is 14.9. The molecule has 0 bridgehead atoms. The number of hydrogen-bond acceptors (Lipinski definition) is 8. The fourth-order valence-corrected chi connectivity index (χ4v) is 4.11. The maximum absolute atomic E-state index is 14.9. The number of aldehydes is 1. The molecule has 4 N–H and O–H groups in total. The van der Waals surface area contributed by atoms with Crippen LogP contribution in [-0.4, -0.2) is 48.0 Å². The normalized spacial score (nSPS) is 12.0. The minimum atomic E-state index is -0.999. The second kappa shape index (κ2) is 12.1. The van der Waals surface area contributed by atoms with Gasteiger partial charge in [0.15, 0.2) is 6.29 Å². The monoisotopic (exact) mass is 543 g/mol. The van der Waals surface area contributed by atoms with Crippen molar-refractivity contribution in [2.75, 3.05) is 30.1 Å². The lowest BCUT2D eigenvalue weighted by Gasteiger charge is -2.28. The zero-order valence-electron chi connectivity index (χ0n) is 22.0. The van der Waals surface area contributed by atoms with Crippen molar-refractivity contribution in [3.63, 3.8) is 0 Å². The maximum Gasteiger partial charge on any atom is 0.152 e. The number of likely N-dealkylation sites (N-methyl/N-ethyl adjacent to an activating group) is 1. The Morgan fingerprint density at radius 3 is 2.38 bits per heavy atom. The Bertz CT molecular complexity index is 1560. The van der Waals surface area contributed by atoms with Crippen LogP contribution in [0.3, 0.4) is 0 Å². The molecule has 11 heteroatoms. The van der Waals surface area contributed by atoms with E-state index < -0.39 is 29.0 Å². The molecule has 1 atom stereocenters. The molecule has 1 unspecified atom stereocenters. The first-order chi connectivity index (χ1) is 19.2. The third-order valence-electron chi connectivity index (χ3n) is 6.15. The van der Waals surface area contributed by atoms with Gasteiger partial charge in [0.2, 0.25) is 0 Å². The summed E-state index contributed by atoms with van der Waals surface area (Å²) in [5.41, 5.74) is 6.51. The van der Waals surface area contributed by atoms with Gasteiger partial charge in [-0.3, -0.25) is 10.2 Å². The quantitative estimate of drug-likeness (QED) is 0.150. The van der Waals surface area contributed by atoms with E-state index in [-0.39, 0.29) is 22.9 Å². The van der Waals surface area contributed by atoms with Gasteiger partial charge in [0, 0.05) is 30.4 Å². The molecular weight excluding hydrogens is 516 g/mol. The fraction of sp³-hybridized carbons (Fsp3) is 0.138. The minimum absolute atomic E-state index is 0.0313. The molecule has 0 spiro atoms. The zero-order valence-corrected chi connectivity index (χ0v) is 22.0. The summed E-state index contributed by atoms with van der Waals surface area (Å²) in [5, 5.41) is 11.8. The van der Waals surface area contributed by atoms with E-state index in [1.54, 1.807) is 31.2 Å². The van der Waals surface area contributed by atoms with Gasteiger partial charge in [0.1, 0.15) is 41.2 Å². The first-order valence-electron chi connectivity index (χ1n) is 12.2. The van der Waals surface area contributed by atoms with Crippen LogP contribution in [-0.2, 0) is 0 Å². The van der Waals surface area contributed by atoms with Crippen molar-refractivity contribution in [1.29, 1.82) is 5.41 Å². The van der Waals surface area contributed by atoms with Crippen LogP contribution < -0.4 is 20.7 Å². The molecule has 9 nitrogen and oxygen atoms in total. The van der Waals surface area contributed by atoms with Crippen LogP contribution in [0.2, 0.25) is 0 Å². The topological polar surface area (TPSA) is 130 Å². The number of aromatic nitrogens is 2. The molecule has 1 aromatic heterocycles. The number of ether oxygens (including phenoxy) is 1. The molecule has 4 aromatic rings. The standard InChI is InChI=1S/C29H27F2N7O2/c1-17(29(38(2)19-10-5-4-6-11-19)37-23-12-8-7-9-18(23)15-39)36-28-25(27(33)34-16-35-28)26(32)24-21(30)13-20(40-3)14-22(24)31/h4-17,32H,1-3H3,(H3,33,34,35,36)/b32-26?,37-29-. The first-order valence-corrected chi connectivity index (χ1v) is 12.2. The Morgan fingerprint density at radius 2 is 1.73 bits per heavy atom. The molecule has 204 valence electrons. The van der Waals surface area contributed by atoms with Crippen LogP contribution >= 0.6 is 0 Å². The highest BCUT2D eigenvalue weighted by molar-refractivity contribution is 6.17. The second-order valence-corrected chi connectivity index (χ2v) is 8.73. The highest BCUT2D eigenvalue weighted by atomic mass is 19.1. The first kappa shape index (κ1) is 27.8.